The lowest BCUT2D eigenvalue weighted by molar-refractivity contribution is -0.564. The zero-order valence-corrected chi connectivity index (χ0v) is 10.2. The molecule has 2 nitrogen and oxygen atoms in total. The van der Waals surface area contributed by atoms with E-state index < -0.39 is 0 Å². The van der Waals surface area contributed by atoms with Crippen molar-refractivity contribution in [3.8, 4) is 10.6 Å². The predicted octanol–water partition coefficient (Wildman–Crippen LogP) is 3.51. The largest absolute Gasteiger partial charge is 0.618 e. The molecule has 17 heavy (non-hydrogen) atoms. The van der Waals surface area contributed by atoms with E-state index in [1.165, 1.54) is 0 Å². The molecule has 0 amide bonds. The van der Waals surface area contributed by atoms with E-state index in [9.17, 15) is 5.21 Å². The molecule has 0 radical (unpaired) electrons. The summed E-state index contributed by atoms with van der Waals surface area (Å²) in [6.07, 6.45) is 0. The molecule has 3 heteroatoms. The van der Waals surface area contributed by atoms with Gasteiger partial charge in [-0.1, -0.05) is 18.2 Å². The van der Waals surface area contributed by atoms with Crippen LogP contribution < -0.4 is 4.73 Å². The molecule has 0 N–H and O–H groups in total. The van der Waals surface area contributed by atoms with Crippen molar-refractivity contribution in [3.05, 3.63) is 58.6 Å². The fourth-order valence-electron chi connectivity index (χ4n) is 2.05. The topological polar surface area (TPSA) is 26.9 Å². The Bertz CT molecular complexity index is 674. The van der Waals surface area contributed by atoms with Gasteiger partial charge in [-0.2, -0.15) is 4.73 Å². The van der Waals surface area contributed by atoms with Gasteiger partial charge in [-0.15, -0.1) is 11.3 Å². The summed E-state index contributed by atoms with van der Waals surface area (Å²) in [6.45, 7) is 2.04. The zero-order chi connectivity index (χ0) is 11.8. The Labute approximate surface area is 103 Å². The van der Waals surface area contributed by atoms with E-state index in [0.29, 0.717) is 0 Å². The number of aryl methyl sites for hydroxylation is 1. The van der Waals surface area contributed by atoms with Crippen LogP contribution in [0.2, 0.25) is 0 Å². The Hall–Kier alpha value is -1.87. The highest BCUT2D eigenvalue weighted by Gasteiger charge is 2.15. The highest BCUT2D eigenvalue weighted by molar-refractivity contribution is 7.13. The maximum Gasteiger partial charge on any atom is 0.234 e. The SMILES string of the molecule is Cc1cc(-c2cccs2)[n+]([O-])c2ccccc12. The minimum absolute atomic E-state index is 0.732. The van der Waals surface area contributed by atoms with Gasteiger partial charge in [-0.25, -0.2) is 0 Å². The van der Waals surface area contributed by atoms with Gasteiger partial charge in [-0.3, -0.25) is 0 Å². The number of fused-ring (bicyclic) bond motifs is 1. The first-order valence-electron chi connectivity index (χ1n) is 5.43. The van der Waals surface area contributed by atoms with Crippen LogP contribution >= 0.6 is 11.3 Å². The molecule has 0 aliphatic rings. The number of hydrogen-bond donors (Lipinski definition) is 0. The number of benzene rings is 1. The van der Waals surface area contributed by atoms with Gasteiger partial charge < -0.3 is 5.21 Å². The molecule has 0 fully saturated rings. The molecule has 1 aromatic carbocycles. The van der Waals surface area contributed by atoms with Crippen LogP contribution in [-0.2, 0) is 0 Å². The zero-order valence-electron chi connectivity index (χ0n) is 9.38. The van der Waals surface area contributed by atoms with Gasteiger partial charge in [-0.05, 0) is 30.0 Å². The standard InChI is InChI=1S/C14H11NOS/c1-10-9-13(14-7-4-8-17-14)15(16)12-6-3-2-5-11(10)12/h2-9H,1H3. The van der Waals surface area contributed by atoms with Crippen LogP contribution in [-0.4, -0.2) is 0 Å². The number of pyridine rings is 1. The van der Waals surface area contributed by atoms with Gasteiger partial charge in [0.25, 0.3) is 0 Å². The van der Waals surface area contributed by atoms with E-state index >= 15 is 0 Å². The summed E-state index contributed by atoms with van der Waals surface area (Å²) in [5, 5.41) is 15.3. The van der Waals surface area contributed by atoms with Crippen LogP contribution in [0.4, 0.5) is 0 Å². The highest BCUT2D eigenvalue weighted by Crippen LogP contribution is 2.25. The lowest BCUT2D eigenvalue weighted by atomic mass is 10.1. The van der Waals surface area contributed by atoms with E-state index in [0.717, 1.165) is 31.8 Å². The number of aromatic nitrogens is 1. The number of hydrogen-bond acceptors (Lipinski definition) is 2. The van der Waals surface area contributed by atoms with Crippen LogP contribution in [0.25, 0.3) is 21.5 Å². The van der Waals surface area contributed by atoms with E-state index in [1.807, 2.05) is 54.8 Å². The molecular weight excluding hydrogens is 230 g/mol. The van der Waals surface area contributed by atoms with Gasteiger partial charge in [0.1, 0.15) is 0 Å². The monoisotopic (exact) mass is 241 g/mol. The molecule has 0 saturated heterocycles. The molecule has 3 aromatic rings. The second-order valence-electron chi connectivity index (χ2n) is 4.00. The van der Waals surface area contributed by atoms with Crippen LogP contribution in [0.1, 0.15) is 5.56 Å². The van der Waals surface area contributed by atoms with Crippen LogP contribution in [0, 0.1) is 12.1 Å². The molecule has 3 rings (SSSR count). The molecule has 2 aromatic heterocycles. The highest BCUT2D eigenvalue weighted by atomic mass is 32.1. The third-order valence-electron chi connectivity index (χ3n) is 2.89. The number of thiophene rings is 1. The van der Waals surface area contributed by atoms with Gasteiger partial charge in [0.2, 0.25) is 11.2 Å². The summed E-state index contributed by atoms with van der Waals surface area (Å²) in [5.41, 5.74) is 2.60. The van der Waals surface area contributed by atoms with Crippen molar-refractivity contribution < 1.29 is 4.73 Å². The molecule has 2 heterocycles. The normalized spacial score (nSPS) is 10.9. The van der Waals surface area contributed by atoms with Crippen molar-refractivity contribution in [2.45, 2.75) is 6.92 Å². The summed E-state index contributed by atoms with van der Waals surface area (Å²) in [5.74, 6) is 0. The molecule has 84 valence electrons. The Morgan fingerprint density at radius 1 is 1.12 bits per heavy atom. The third kappa shape index (κ3) is 1.59. The van der Waals surface area contributed by atoms with Gasteiger partial charge in [0.15, 0.2) is 0 Å². The quantitative estimate of drug-likeness (QED) is 0.473. The molecular formula is C14H11NOS. The average molecular weight is 241 g/mol. The third-order valence-corrected chi connectivity index (χ3v) is 3.79. The van der Waals surface area contributed by atoms with Crippen molar-refractivity contribution in [2.24, 2.45) is 0 Å². The summed E-state index contributed by atoms with van der Waals surface area (Å²) in [4.78, 5) is 1.01. The fourth-order valence-corrected chi connectivity index (χ4v) is 2.77. The Morgan fingerprint density at radius 3 is 2.71 bits per heavy atom. The average Bonchev–Trinajstić information content (AvgIpc) is 2.87. The lowest BCUT2D eigenvalue weighted by Crippen LogP contribution is -2.30. The van der Waals surface area contributed by atoms with Crippen molar-refractivity contribution in [3.63, 3.8) is 0 Å². The van der Waals surface area contributed by atoms with E-state index in [4.69, 9.17) is 0 Å². The Kier molecular flexibility index (Phi) is 2.34. The number of rotatable bonds is 1. The fraction of sp³-hybridized carbons (Fsp3) is 0.0714. The van der Waals surface area contributed by atoms with Crippen molar-refractivity contribution >= 4 is 22.2 Å². The molecule has 0 unspecified atom stereocenters. The lowest BCUT2D eigenvalue weighted by Gasteiger charge is -2.08. The summed E-state index contributed by atoms with van der Waals surface area (Å²) in [6, 6.07) is 13.6. The smallest absolute Gasteiger partial charge is 0.234 e. The molecule has 0 atom stereocenters. The first kappa shape index (κ1) is 10.3. The number of nitrogens with zero attached hydrogens (tertiary/aromatic N) is 1. The van der Waals surface area contributed by atoms with Gasteiger partial charge >= 0.3 is 0 Å². The first-order chi connectivity index (χ1) is 8.27. The molecule has 0 aliphatic heterocycles. The first-order valence-corrected chi connectivity index (χ1v) is 6.31. The maximum absolute atomic E-state index is 12.3. The van der Waals surface area contributed by atoms with E-state index in [1.54, 1.807) is 11.3 Å². The summed E-state index contributed by atoms with van der Waals surface area (Å²) < 4.78 is 1.02. The van der Waals surface area contributed by atoms with Gasteiger partial charge in [0, 0.05) is 12.1 Å². The van der Waals surface area contributed by atoms with E-state index in [-0.39, 0.29) is 0 Å². The molecule has 0 aliphatic carbocycles. The number of para-hydroxylation sites is 1. The Balaban J connectivity index is 2.39. The summed E-state index contributed by atoms with van der Waals surface area (Å²) in [7, 11) is 0. The minimum Gasteiger partial charge on any atom is -0.618 e. The Morgan fingerprint density at radius 2 is 1.94 bits per heavy atom. The predicted molar refractivity (Wildman–Crippen MR) is 71.0 cm³/mol. The molecule has 0 spiro atoms. The second kappa shape index (κ2) is 3.86. The van der Waals surface area contributed by atoms with Crippen molar-refractivity contribution in [2.75, 3.05) is 0 Å². The van der Waals surface area contributed by atoms with Crippen molar-refractivity contribution in [1.82, 2.24) is 0 Å². The maximum atomic E-state index is 12.3. The molecule has 0 bridgehead atoms. The minimum atomic E-state index is 0.732. The van der Waals surface area contributed by atoms with Crippen LogP contribution in [0.3, 0.4) is 0 Å². The van der Waals surface area contributed by atoms with Gasteiger partial charge in [0.05, 0.1) is 10.3 Å². The summed E-state index contributed by atoms with van der Waals surface area (Å²) >= 11 is 1.59. The molecule has 0 saturated carbocycles. The second-order valence-corrected chi connectivity index (χ2v) is 4.95. The van der Waals surface area contributed by atoms with Crippen LogP contribution in [0.5, 0.6) is 0 Å². The van der Waals surface area contributed by atoms with Crippen molar-refractivity contribution in [1.29, 1.82) is 0 Å². The van der Waals surface area contributed by atoms with Crippen LogP contribution in [0.15, 0.2) is 47.8 Å². The van der Waals surface area contributed by atoms with E-state index in [2.05, 4.69) is 0 Å².